The first kappa shape index (κ1) is 15.5. The third kappa shape index (κ3) is 3.67. The number of hydrogen-bond acceptors (Lipinski definition) is 4. The third-order valence-corrected chi connectivity index (χ3v) is 4.17. The molecule has 0 bridgehead atoms. The number of amides is 3. The van der Waals surface area contributed by atoms with Crippen molar-refractivity contribution in [3.05, 3.63) is 23.8 Å². The molecule has 3 rings (SSSR count). The molecular formula is C16H21N3O4. The van der Waals surface area contributed by atoms with E-state index in [1.807, 2.05) is 18.2 Å². The SMILES string of the molecule is NC(=O)[C@H]1CCN(C(=O)NCCc2ccc3c(c2)OCCO3)C1. The number of fused-ring (bicyclic) bond motifs is 1. The molecule has 1 saturated heterocycles. The topological polar surface area (TPSA) is 93.9 Å². The molecule has 0 spiro atoms. The molecule has 1 atom stereocenters. The van der Waals surface area contributed by atoms with Crippen molar-refractivity contribution in [2.45, 2.75) is 12.8 Å². The van der Waals surface area contributed by atoms with E-state index in [1.165, 1.54) is 0 Å². The number of nitrogens with zero attached hydrogens (tertiary/aromatic N) is 1. The molecule has 1 fully saturated rings. The first-order chi connectivity index (χ1) is 11.1. The zero-order valence-corrected chi connectivity index (χ0v) is 12.9. The number of rotatable bonds is 4. The van der Waals surface area contributed by atoms with Crippen LogP contribution in [-0.4, -0.2) is 49.7 Å². The summed E-state index contributed by atoms with van der Waals surface area (Å²) in [5, 5.41) is 2.88. The Morgan fingerprint density at radius 3 is 2.78 bits per heavy atom. The fourth-order valence-electron chi connectivity index (χ4n) is 2.85. The minimum atomic E-state index is -0.337. The van der Waals surface area contributed by atoms with Gasteiger partial charge in [0.15, 0.2) is 11.5 Å². The molecule has 2 aliphatic heterocycles. The van der Waals surface area contributed by atoms with Gasteiger partial charge in [-0.15, -0.1) is 0 Å². The number of carbonyl (C=O) groups excluding carboxylic acids is 2. The van der Waals surface area contributed by atoms with Gasteiger partial charge in [-0.1, -0.05) is 6.07 Å². The van der Waals surface area contributed by atoms with Gasteiger partial charge in [0, 0.05) is 19.6 Å². The second-order valence-electron chi connectivity index (χ2n) is 5.79. The molecule has 2 aliphatic rings. The second kappa shape index (κ2) is 6.76. The van der Waals surface area contributed by atoms with E-state index in [0.29, 0.717) is 45.7 Å². The Balaban J connectivity index is 1.46. The summed E-state index contributed by atoms with van der Waals surface area (Å²) in [4.78, 5) is 24.8. The van der Waals surface area contributed by atoms with E-state index in [-0.39, 0.29) is 17.9 Å². The highest BCUT2D eigenvalue weighted by atomic mass is 16.6. The van der Waals surface area contributed by atoms with Gasteiger partial charge in [-0.2, -0.15) is 0 Å². The maximum absolute atomic E-state index is 12.1. The number of ether oxygens (including phenoxy) is 2. The number of hydrogen-bond donors (Lipinski definition) is 2. The predicted octanol–water partition coefficient (Wildman–Crippen LogP) is 0.517. The second-order valence-corrected chi connectivity index (χ2v) is 5.79. The van der Waals surface area contributed by atoms with Crippen LogP contribution in [0.3, 0.4) is 0 Å². The highest BCUT2D eigenvalue weighted by Gasteiger charge is 2.29. The van der Waals surface area contributed by atoms with Crippen LogP contribution in [-0.2, 0) is 11.2 Å². The maximum atomic E-state index is 12.1. The van der Waals surface area contributed by atoms with E-state index >= 15 is 0 Å². The smallest absolute Gasteiger partial charge is 0.317 e. The number of likely N-dealkylation sites (tertiary alicyclic amines) is 1. The minimum absolute atomic E-state index is 0.147. The van der Waals surface area contributed by atoms with Crippen molar-refractivity contribution in [3.63, 3.8) is 0 Å². The Morgan fingerprint density at radius 1 is 1.26 bits per heavy atom. The fourth-order valence-corrected chi connectivity index (χ4v) is 2.85. The average Bonchev–Trinajstić information content (AvgIpc) is 3.05. The molecule has 0 unspecified atom stereocenters. The summed E-state index contributed by atoms with van der Waals surface area (Å²) < 4.78 is 11.0. The largest absolute Gasteiger partial charge is 0.486 e. The lowest BCUT2D eigenvalue weighted by molar-refractivity contribution is -0.121. The van der Waals surface area contributed by atoms with E-state index in [0.717, 1.165) is 17.1 Å². The first-order valence-corrected chi connectivity index (χ1v) is 7.84. The Morgan fingerprint density at radius 2 is 2.04 bits per heavy atom. The summed E-state index contributed by atoms with van der Waals surface area (Å²) in [7, 11) is 0. The number of urea groups is 1. The normalized spacial score (nSPS) is 19.5. The molecule has 0 aromatic heterocycles. The van der Waals surface area contributed by atoms with Crippen LogP contribution in [0, 0.1) is 5.92 Å². The van der Waals surface area contributed by atoms with Crippen LogP contribution in [0.1, 0.15) is 12.0 Å². The molecule has 0 saturated carbocycles. The lowest BCUT2D eigenvalue weighted by Gasteiger charge is -2.19. The molecule has 2 heterocycles. The lowest BCUT2D eigenvalue weighted by Crippen LogP contribution is -2.40. The molecule has 3 amide bonds. The maximum Gasteiger partial charge on any atom is 0.317 e. The molecule has 7 heteroatoms. The summed E-state index contributed by atoms with van der Waals surface area (Å²) >= 11 is 0. The Labute approximate surface area is 134 Å². The van der Waals surface area contributed by atoms with Crippen molar-refractivity contribution in [2.24, 2.45) is 11.7 Å². The number of benzene rings is 1. The van der Waals surface area contributed by atoms with Crippen molar-refractivity contribution in [1.29, 1.82) is 0 Å². The third-order valence-electron chi connectivity index (χ3n) is 4.17. The van der Waals surface area contributed by atoms with Crippen LogP contribution in [0.25, 0.3) is 0 Å². The van der Waals surface area contributed by atoms with E-state index in [1.54, 1.807) is 4.90 Å². The highest BCUT2D eigenvalue weighted by Crippen LogP contribution is 2.30. The molecule has 7 nitrogen and oxygen atoms in total. The molecule has 23 heavy (non-hydrogen) atoms. The molecule has 1 aromatic carbocycles. The molecule has 0 radical (unpaired) electrons. The Bertz CT molecular complexity index is 605. The van der Waals surface area contributed by atoms with Gasteiger partial charge in [-0.3, -0.25) is 4.79 Å². The fraction of sp³-hybridized carbons (Fsp3) is 0.500. The van der Waals surface area contributed by atoms with E-state index in [9.17, 15) is 9.59 Å². The number of nitrogens with two attached hydrogens (primary N) is 1. The Kier molecular flexibility index (Phi) is 4.55. The van der Waals surface area contributed by atoms with Crippen molar-refractivity contribution in [2.75, 3.05) is 32.8 Å². The standard InChI is InChI=1S/C16H21N3O4/c17-15(20)12-4-6-19(10-12)16(21)18-5-3-11-1-2-13-14(9-11)23-8-7-22-13/h1-2,9,12H,3-8,10H2,(H2,17,20)(H,18,21)/t12-/m0/s1. The summed E-state index contributed by atoms with van der Waals surface area (Å²) in [6, 6.07) is 5.66. The summed E-state index contributed by atoms with van der Waals surface area (Å²) in [6.45, 7) is 2.64. The van der Waals surface area contributed by atoms with Gasteiger partial charge in [0.2, 0.25) is 5.91 Å². The highest BCUT2D eigenvalue weighted by molar-refractivity contribution is 5.80. The van der Waals surface area contributed by atoms with Crippen LogP contribution in [0.5, 0.6) is 11.5 Å². The van der Waals surface area contributed by atoms with Crippen molar-refractivity contribution in [1.82, 2.24) is 10.2 Å². The van der Waals surface area contributed by atoms with Crippen molar-refractivity contribution >= 4 is 11.9 Å². The lowest BCUT2D eigenvalue weighted by atomic mass is 10.1. The van der Waals surface area contributed by atoms with Crippen molar-refractivity contribution in [3.8, 4) is 11.5 Å². The van der Waals surface area contributed by atoms with Crippen LogP contribution in [0.15, 0.2) is 18.2 Å². The van der Waals surface area contributed by atoms with Crippen LogP contribution < -0.4 is 20.5 Å². The average molecular weight is 319 g/mol. The number of carbonyl (C=O) groups is 2. The Hall–Kier alpha value is -2.44. The zero-order chi connectivity index (χ0) is 16.2. The predicted molar refractivity (Wildman–Crippen MR) is 83.4 cm³/mol. The van der Waals surface area contributed by atoms with Crippen LogP contribution >= 0.6 is 0 Å². The van der Waals surface area contributed by atoms with Gasteiger partial charge in [0.1, 0.15) is 13.2 Å². The van der Waals surface area contributed by atoms with Gasteiger partial charge in [0.05, 0.1) is 5.92 Å². The zero-order valence-electron chi connectivity index (χ0n) is 12.9. The van der Waals surface area contributed by atoms with Crippen molar-refractivity contribution < 1.29 is 19.1 Å². The summed E-state index contributed by atoms with van der Waals surface area (Å²) in [5.74, 6) is 0.956. The van der Waals surface area contributed by atoms with Gasteiger partial charge in [-0.25, -0.2) is 4.79 Å². The van der Waals surface area contributed by atoms with E-state index in [4.69, 9.17) is 15.2 Å². The number of primary amides is 1. The van der Waals surface area contributed by atoms with E-state index < -0.39 is 0 Å². The van der Waals surface area contributed by atoms with E-state index in [2.05, 4.69) is 5.32 Å². The first-order valence-electron chi connectivity index (χ1n) is 7.84. The quantitative estimate of drug-likeness (QED) is 0.846. The molecule has 1 aromatic rings. The van der Waals surface area contributed by atoms with Crippen LogP contribution in [0.4, 0.5) is 4.79 Å². The summed E-state index contributed by atoms with van der Waals surface area (Å²) in [6.07, 6.45) is 1.35. The monoisotopic (exact) mass is 319 g/mol. The molecule has 124 valence electrons. The molecule has 3 N–H and O–H groups in total. The molecule has 0 aliphatic carbocycles. The van der Waals surface area contributed by atoms with Gasteiger partial charge in [0.25, 0.3) is 0 Å². The number of nitrogens with one attached hydrogen (secondary N) is 1. The molecular weight excluding hydrogens is 298 g/mol. The van der Waals surface area contributed by atoms with Crippen LogP contribution in [0.2, 0.25) is 0 Å². The summed E-state index contributed by atoms with van der Waals surface area (Å²) in [5.41, 5.74) is 6.35. The minimum Gasteiger partial charge on any atom is -0.486 e. The van der Waals surface area contributed by atoms with Gasteiger partial charge >= 0.3 is 6.03 Å². The van der Waals surface area contributed by atoms with Gasteiger partial charge < -0.3 is 25.4 Å². The van der Waals surface area contributed by atoms with Gasteiger partial charge in [-0.05, 0) is 30.5 Å².